The maximum Gasteiger partial charge on any atom is 0.154 e. The van der Waals surface area contributed by atoms with E-state index in [1.807, 2.05) is 18.4 Å². The molecule has 0 unspecified atom stereocenters. The molecule has 0 saturated carbocycles. The van der Waals surface area contributed by atoms with Crippen molar-refractivity contribution in [3.05, 3.63) is 21.3 Å². The minimum atomic E-state index is 0.650. The van der Waals surface area contributed by atoms with Crippen molar-refractivity contribution in [3.63, 3.8) is 0 Å². The molecule has 0 radical (unpaired) electrons. The van der Waals surface area contributed by atoms with Gasteiger partial charge in [-0.3, -0.25) is 4.99 Å². The van der Waals surface area contributed by atoms with Gasteiger partial charge in [0.25, 0.3) is 0 Å². The number of amidine groups is 1. The number of hydrogen-bond acceptors (Lipinski definition) is 3. The van der Waals surface area contributed by atoms with Crippen LogP contribution in [0.1, 0.15) is 11.8 Å². The number of rotatable bonds is 2. The number of aliphatic imine (C=N–C) groups is 1. The highest BCUT2D eigenvalue weighted by Gasteiger charge is 2.06. The Kier molecular flexibility index (Phi) is 3.52. The van der Waals surface area contributed by atoms with Crippen LogP contribution in [0.3, 0.4) is 0 Å². The smallest absolute Gasteiger partial charge is 0.154 e. The number of halogens is 1. The second-order valence-corrected chi connectivity index (χ2v) is 3.39. The van der Waals surface area contributed by atoms with E-state index in [4.69, 9.17) is 17.4 Å². The van der Waals surface area contributed by atoms with Gasteiger partial charge in [0, 0.05) is 6.54 Å². The number of hydrazine groups is 1. The van der Waals surface area contributed by atoms with E-state index in [0.29, 0.717) is 17.4 Å². The Labute approximate surface area is 80.2 Å². The van der Waals surface area contributed by atoms with Crippen molar-refractivity contribution in [1.29, 1.82) is 0 Å². The first-order valence-corrected chi connectivity index (χ1v) is 4.79. The van der Waals surface area contributed by atoms with E-state index < -0.39 is 0 Å². The first-order valence-electron chi connectivity index (χ1n) is 3.54. The van der Waals surface area contributed by atoms with E-state index in [-0.39, 0.29) is 0 Å². The molecule has 0 spiro atoms. The van der Waals surface area contributed by atoms with Crippen molar-refractivity contribution in [1.82, 2.24) is 5.43 Å². The third kappa shape index (κ3) is 1.97. The van der Waals surface area contributed by atoms with Gasteiger partial charge in [-0.25, -0.2) is 5.84 Å². The molecule has 3 N–H and O–H groups in total. The normalized spacial score (nSPS) is 11.8. The largest absolute Gasteiger partial charge is 0.308 e. The summed E-state index contributed by atoms with van der Waals surface area (Å²) in [6.45, 7) is 2.63. The van der Waals surface area contributed by atoms with Gasteiger partial charge in [-0.05, 0) is 18.4 Å². The molecule has 0 aliphatic rings. The Morgan fingerprint density at radius 2 is 2.58 bits per heavy atom. The van der Waals surface area contributed by atoms with Crippen molar-refractivity contribution >= 4 is 28.8 Å². The number of nitrogens with two attached hydrogens (primary N) is 1. The summed E-state index contributed by atoms with van der Waals surface area (Å²) in [5.41, 5.74) is 2.52. The van der Waals surface area contributed by atoms with Gasteiger partial charge in [0.05, 0.1) is 9.90 Å². The van der Waals surface area contributed by atoms with Gasteiger partial charge in [-0.15, -0.1) is 11.3 Å². The standard InChI is InChI=1S/C7H10ClN3S/c1-2-10-7(11-9)6-5(8)3-4-12-6/h3-4H,2,9H2,1H3,(H,10,11). The van der Waals surface area contributed by atoms with Gasteiger partial charge in [0.1, 0.15) is 0 Å². The summed E-state index contributed by atoms with van der Waals surface area (Å²) >= 11 is 7.40. The number of thiophene rings is 1. The van der Waals surface area contributed by atoms with Gasteiger partial charge in [0.2, 0.25) is 0 Å². The quantitative estimate of drug-likeness (QED) is 0.332. The van der Waals surface area contributed by atoms with Crippen LogP contribution < -0.4 is 11.3 Å². The molecular weight excluding hydrogens is 194 g/mol. The van der Waals surface area contributed by atoms with Crippen molar-refractivity contribution in [3.8, 4) is 0 Å². The van der Waals surface area contributed by atoms with Crippen molar-refractivity contribution in [2.75, 3.05) is 6.54 Å². The van der Waals surface area contributed by atoms with Crippen LogP contribution in [-0.4, -0.2) is 12.4 Å². The molecule has 12 heavy (non-hydrogen) atoms. The van der Waals surface area contributed by atoms with Crippen LogP contribution in [0, 0.1) is 0 Å². The second kappa shape index (κ2) is 4.45. The summed E-state index contributed by atoms with van der Waals surface area (Å²) in [5.74, 6) is 5.94. The van der Waals surface area contributed by atoms with Gasteiger partial charge < -0.3 is 5.43 Å². The number of nitrogens with zero attached hydrogens (tertiary/aromatic N) is 1. The summed E-state index contributed by atoms with van der Waals surface area (Å²) < 4.78 is 0. The van der Waals surface area contributed by atoms with Crippen LogP contribution in [0.2, 0.25) is 5.02 Å². The summed E-state index contributed by atoms with van der Waals surface area (Å²) in [4.78, 5) is 5.04. The monoisotopic (exact) mass is 203 g/mol. The van der Waals surface area contributed by atoms with Crippen molar-refractivity contribution < 1.29 is 0 Å². The van der Waals surface area contributed by atoms with Gasteiger partial charge in [-0.2, -0.15) is 0 Å². The predicted octanol–water partition coefficient (Wildman–Crippen LogP) is 1.63. The molecule has 66 valence electrons. The molecule has 3 nitrogen and oxygen atoms in total. The van der Waals surface area contributed by atoms with E-state index in [0.717, 1.165) is 4.88 Å². The molecule has 0 aliphatic carbocycles. The number of nitrogens with one attached hydrogen (secondary N) is 1. The van der Waals surface area contributed by atoms with Crippen LogP contribution in [0.15, 0.2) is 16.4 Å². The molecule has 0 bridgehead atoms. The van der Waals surface area contributed by atoms with E-state index in [1.165, 1.54) is 11.3 Å². The molecule has 0 aliphatic heterocycles. The second-order valence-electron chi connectivity index (χ2n) is 2.06. The molecule has 0 saturated heterocycles. The SMILES string of the molecule is CCN=C(NN)c1sccc1Cl. The Morgan fingerprint density at radius 1 is 1.83 bits per heavy atom. The third-order valence-corrected chi connectivity index (χ3v) is 2.63. The molecule has 1 rings (SSSR count). The highest BCUT2D eigenvalue weighted by Crippen LogP contribution is 2.21. The fourth-order valence-electron chi connectivity index (χ4n) is 0.804. The lowest BCUT2D eigenvalue weighted by Crippen LogP contribution is -2.30. The van der Waals surface area contributed by atoms with Crippen LogP contribution in [0.4, 0.5) is 0 Å². The minimum Gasteiger partial charge on any atom is -0.308 e. The lowest BCUT2D eigenvalue weighted by Gasteiger charge is -2.01. The zero-order chi connectivity index (χ0) is 8.97. The average molecular weight is 204 g/mol. The Bertz CT molecular complexity index is 282. The zero-order valence-electron chi connectivity index (χ0n) is 6.67. The van der Waals surface area contributed by atoms with Crippen LogP contribution in [0.5, 0.6) is 0 Å². The Balaban J connectivity index is 2.95. The minimum absolute atomic E-state index is 0.650. The molecule has 0 atom stereocenters. The van der Waals surface area contributed by atoms with E-state index in [9.17, 15) is 0 Å². The van der Waals surface area contributed by atoms with Crippen LogP contribution in [0.25, 0.3) is 0 Å². The molecular formula is C7H10ClN3S. The number of hydrogen-bond donors (Lipinski definition) is 2. The fraction of sp³-hybridized carbons (Fsp3) is 0.286. The summed E-state index contributed by atoms with van der Waals surface area (Å²) in [7, 11) is 0. The maximum absolute atomic E-state index is 5.88. The van der Waals surface area contributed by atoms with Crippen LogP contribution >= 0.6 is 22.9 Å². The summed E-state index contributed by atoms with van der Waals surface area (Å²) in [5, 5.41) is 2.59. The first kappa shape index (κ1) is 9.51. The highest BCUT2D eigenvalue weighted by molar-refractivity contribution is 7.12. The Morgan fingerprint density at radius 3 is 3.00 bits per heavy atom. The fourth-order valence-corrected chi connectivity index (χ4v) is 1.92. The summed E-state index contributed by atoms with van der Waals surface area (Å²) in [6.07, 6.45) is 0. The molecule has 0 amide bonds. The summed E-state index contributed by atoms with van der Waals surface area (Å²) in [6, 6.07) is 1.82. The average Bonchev–Trinajstić information content (AvgIpc) is 2.47. The molecule has 5 heteroatoms. The zero-order valence-corrected chi connectivity index (χ0v) is 8.25. The predicted molar refractivity (Wildman–Crippen MR) is 53.7 cm³/mol. The molecule has 0 aromatic carbocycles. The van der Waals surface area contributed by atoms with Gasteiger partial charge in [0.15, 0.2) is 5.84 Å². The maximum atomic E-state index is 5.88. The van der Waals surface area contributed by atoms with Crippen molar-refractivity contribution in [2.45, 2.75) is 6.92 Å². The van der Waals surface area contributed by atoms with Crippen molar-refractivity contribution in [2.24, 2.45) is 10.8 Å². The molecule has 1 heterocycles. The first-order chi connectivity index (χ1) is 5.79. The van der Waals surface area contributed by atoms with E-state index in [1.54, 1.807) is 0 Å². The molecule has 1 aromatic rings. The molecule has 0 fully saturated rings. The van der Waals surface area contributed by atoms with Crippen LogP contribution in [-0.2, 0) is 0 Å². The van der Waals surface area contributed by atoms with E-state index in [2.05, 4.69) is 10.4 Å². The Hall–Kier alpha value is -0.580. The third-order valence-electron chi connectivity index (χ3n) is 1.29. The topological polar surface area (TPSA) is 50.4 Å². The molecule has 1 aromatic heterocycles. The van der Waals surface area contributed by atoms with Gasteiger partial charge >= 0.3 is 0 Å². The van der Waals surface area contributed by atoms with E-state index >= 15 is 0 Å². The lowest BCUT2D eigenvalue weighted by molar-refractivity contribution is 0.995. The highest BCUT2D eigenvalue weighted by atomic mass is 35.5. The van der Waals surface area contributed by atoms with Gasteiger partial charge in [-0.1, -0.05) is 11.6 Å². The lowest BCUT2D eigenvalue weighted by atomic mass is 10.4.